The second-order valence-electron chi connectivity index (χ2n) is 4.29. The molecule has 0 saturated heterocycles. The van der Waals surface area contributed by atoms with Crippen molar-refractivity contribution >= 4 is 11.9 Å². The van der Waals surface area contributed by atoms with Crippen molar-refractivity contribution in [3.05, 3.63) is 65.2 Å². The number of phenolic OH excluding ortho intramolecular Hbond substituents is 1. The lowest BCUT2D eigenvalue weighted by Crippen LogP contribution is -1.93. The Hall–Kier alpha value is -2.59. The molecule has 0 heterocycles. The van der Waals surface area contributed by atoms with Gasteiger partial charge in [-0.3, -0.25) is 4.79 Å². The molecule has 4 heteroatoms. The van der Waals surface area contributed by atoms with Crippen LogP contribution in [0.5, 0.6) is 11.5 Å². The lowest BCUT2D eigenvalue weighted by Gasteiger charge is -2.02. The van der Waals surface area contributed by atoms with E-state index in [2.05, 4.69) is 0 Å². The van der Waals surface area contributed by atoms with E-state index in [1.807, 2.05) is 0 Å². The molecule has 0 aliphatic heterocycles. The van der Waals surface area contributed by atoms with E-state index in [-0.39, 0.29) is 23.9 Å². The van der Waals surface area contributed by atoms with Crippen molar-refractivity contribution in [2.75, 3.05) is 0 Å². The Kier molecular flexibility index (Phi) is 4.17. The van der Waals surface area contributed by atoms with Gasteiger partial charge in [0.25, 0.3) is 0 Å². The molecule has 0 unspecified atom stereocenters. The number of allylic oxidation sites excluding steroid dienone is 1. The van der Waals surface area contributed by atoms with Gasteiger partial charge in [-0.25, -0.2) is 0 Å². The molecule has 2 aromatic rings. The molecular formula is C16H14O4. The maximum Gasteiger partial charge on any atom is 0.185 e. The number of carbonyl (C=O) groups excluding carboxylic acids is 1. The highest BCUT2D eigenvalue weighted by Gasteiger charge is 2.03. The topological polar surface area (TPSA) is 77.8 Å². The molecule has 2 rings (SSSR count). The predicted molar refractivity (Wildman–Crippen MR) is 75.5 cm³/mol. The van der Waals surface area contributed by atoms with Gasteiger partial charge in [0.15, 0.2) is 5.78 Å². The molecule has 0 spiro atoms. The van der Waals surface area contributed by atoms with E-state index in [9.17, 15) is 15.0 Å². The van der Waals surface area contributed by atoms with Crippen LogP contribution in [0.15, 0.2) is 48.5 Å². The number of carbonyl (C=O) groups is 1. The number of hydrogen-bond acceptors (Lipinski definition) is 4. The fraction of sp³-hybridized carbons (Fsp3) is 0.0625. The van der Waals surface area contributed by atoms with Crippen molar-refractivity contribution in [2.45, 2.75) is 6.61 Å². The Morgan fingerprint density at radius 1 is 1.10 bits per heavy atom. The first-order valence-electron chi connectivity index (χ1n) is 6.04. The van der Waals surface area contributed by atoms with E-state index in [1.54, 1.807) is 30.3 Å². The Labute approximate surface area is 116 Å². The van der Waals surface area contributed by atoms with Crippen LogP contribution in [0.1, 0.15) is 21.5 Å². The molecule has 0 saturated carbocycles. The van der Waals surface area contributed by atoms with Gasteiger partial charge >= 0.3 is 0 Å². The van der Waals surface area contributed by atoms with Crippen LogP contribution in [-0.4, -0.2) is 21.1 Å². The number of phenols is 2. The van der Waals surface area contributed by atoms with Gasteiger partial charge in [0.1, 0.15) is 11.5 Å². The third-order valence-electron chi connectivity index (χ3n) is 2.83. The summed E-state index contributed by atoms with van der Waals surface area (Å²) in [6, 6.07) is 10.8. The molecule has 102 valence electrons. The summed E-state index contributed by atoms with van der Waals surface area (Å²) in [5, 5.41) is 27.8. The van der Waals surface area contributed by atoms with E-state index < -0.39 is 0 Å². The number of benzene rings is 2. The second kappa shape index (κ2) is 6.04. The van der Waals surface area contributed by atoms with Gasteiger partial charge in [0, 0.05) is 11.1 Å². The van der Waals surface area contributed by atoms with Crippen molar-refractivity contribution in [3.8, 4) is 11.5 Å². The minimum absolute atomic E-state index is 0.0176. The highest BCUT2D eigenvalue weighted by atomic mass is 16.3. The van der Waals surface area contributed by atoms with Crippen molar-refractivity contribution in [1.29, 1.82) is 0 Å². The summed E-state index contributed by atoms with van der Waals surface area (Å²) in [6.07, 6.45) is 2.97. The average Bonchev–Trinajstić information content (AvgIpc) is 2.46. The number of hydrogen-bond donors (Lipinski definition) is 3. The third kappa shape index (κ3) is 3.24. The van der Waals surface area contributed by atoms with Crippen LogP contribution in [0.2, 0.25) is 0 Å². The number of rotatable bonds is 4. The zero-order chi connectivity index (χ0) is 14.5. The lowest BCUT2D eigenvalue weighted by molar-refractivity contribution is 0.104. The molecule has 0 bridgehead atoms. The second-order valence-corrected chi connectivity index (χ2v) is 4.29. The smallest absolute Gasteiger partial charge is 0.185 e. The highest BCUT2D eigenvalue weighted by Crippen LogP contribution is 2.19. The maximum atomic E-state index is 11.9. The zero-order valence-electron chi connectivity index (χ0n) is 10.7. The van der Waals surface area contributed by atoms with Crippen LogP contribution in [0, 0.1) is 0 Å². The predicted octanol–water partition coefficient (Wildman–Crippen LogP) is 2.49. The molecule has 2 aromatic carbocycles. The van der Waals surface area contributed by atoms with Gasteiger partial charge in [-0.15, -0.1) is 0 Å². The highest BCUT2D eigenvalue weighted by molar-refractivity contribution is 6.07. The van der Waals surface area contributed by atoms with E-state index in [4.69, 9.17) is 5.11 Å². The van der Waals surface area contributed by atoms with Gasteiger partial charge in [0.05, 0.1) is 6.61 Å². The number of aromatic hydroxyl groups is 2. The fourth-order valence-electron chi connectivity index (χ4n) is 1.76. The zero-order valence-corrected chi connectivity index (χ0v) is 10.7. The molecule has 0 amide bonds. The van der Waals surface area contributed by atoms with Crippen LogP contribution in [0.3, 0.4) is 0 Å². The summed E-state index contributed by atoms with van der Waals surface area (Å²) in [7, 11) is 0. The van der Waals surface area contributed by atoms with E-state index in [0.717, 1.165) is 0 Å². The Morgan fingerprint density at radius 3 is 2.60 bits per heavy atom. The standard InChI is InChI=1S/C16H14O4/c17-10-13-8-11(5-7-16(13)20)4-6-15(19)12-2-1-3-14(18)9-12/h1-9,17-18,20H,10H2/b6-4+. The first-order chi connectivity index (χ1) is 9.60. The minimum atomic E-state index is -0.270. The fourth-order valence-corrected chi connectivity index (χ4v) is 1.76. The van der Waals surface area contributed by atoms with Crippen LogP contribution >= 0.6 is 0 Å². The molecule has 0 atom stereocenters. The molecular weight excluding hydrogens is 256 g/mol. The van der Waals surface area contributed by atoms with E-state index >= 15 is 0 Å². The van der Waals surface area contributed by atoms with E-state index in [0.29, 0.717) is 16.7 Å². The normalized spacial score (nSPS) is 10.8. The Balaban J connectivity index is 2.19. The summed E-state index contributed by atoms with van der Waals surface area (Å²) in [6.45, 7) is -0.270. The molecule has 4 nitrogen and oxygen atoms in total. The quantitative estimate of drug-likeness (QED) is 0.589. The SMILES string of the molecule is O=C(/C=C/c1ccc(O)c(CO)c1)c1cccc(O)c1. The van der Waals surface area contributed by atoms with E-state index in [1.165, 1.54) is 24.3 Å². The number of aliphatic hydroxyl groups excluding tert-OH is 1. The van der Waals surface area contributed by atoms with Crippen molar-refractivity contribution in [1.82, 2.24) is 0 Å². The molecule has 3 N–H and O–H groups in total. The Morgan fingerprint density at radius 2 is 1.90 bits per heavy atom. The third-order valence-corrected chi connectivity index (χ3v) is 2.83. The first kappa shape index (κ1) is 13.8. The maximum absolute atomic E-state index is 11.9. The minimum Gasteiger partial charge on any atom is -0.508 e. The number of ketones is 1. The first-order valence-corrected chi connectivity index (χ1v) is 6.04. The molecule has 0 fully saturated rings. The number of aliphatic hydroxyl groups is 1. The Bertz CT molecular complexity index is 659. The average molecular weight is 270 g/mol. The molecule has 0 aliphatic rings. The summed E-state index contributed by atoms with van der Waals surface area (Å²) in [5.41, 5.74) is 1.49. The van der Waals surface area contributed by atoms with Crippen LogP contribution in [0.25, 0.3) is 6.08 Å². The molecule has 20 heavy (non-hydrogen) atoms. The largest absolute Gasteiger partial charge is 0.508 e. The van der Waals surface area contributed by atoms with Crippen molar-refractivity contribution < 1.29 is 20.1 Å². The van der Waals surface area contributed by atoms with Crippen molar-refractivity contribution in [3.63, 3.8) is 0 Å². The van der Waals surface area contributed by atoms with Gasteiger partial charge in [-0.05, 0) is 35.9 Å². The van der Waals surface area contributed by atoms with Gasteiger partial charge in [-0.1, -0.05) is 24.3 Å². The molecule has 0 aromatic heterocycles. The molecule has 0 aliphatic carbocycles. The molecule has 0 radical (unpaired) electrons. The van der Waals surface area contributed by atoms with Crippen molar-refractivity contribution in [2.24, 2.45) is 0 Å². The van der Waals surface area contributed by atoms with Crippen LogP contribution in [-0.2, 0) is 6.61 Å². The summed E-state index contributed by atoms with van der Waals surface area (Å²) < 4.78 is 0. The van der Waals surface area contributed by atoms with Gasteiger partial charge in [-0.2, -0.15) is 0 Å². The van der Waals surface area contributed by atoms with Gasteiger partial charge in [0.2, 0.25) is 0 Å². The summed E-state index contributed by atoms with van der Waals surface area (Å²) in [5.74, 6) is -0.181. The summed E-state index contributed by atoms with van der Waals surface area (Å²) in [4.78, 5) is 11.9. The van der Waals surface area contributed by atoms with Crippen LogP contribution < -0.4 is 0 Å². The van der Waals surface area contributed by atoms with Gasteiger partial charge < -0.3 is 15.3 Å². The monoisotopic (exact) mass is 270 g/mol. The van der Waals surface area contributed by atoms with Crippen LogP contribution in [0.4, 0.5) is 0 Å². The summed E-state index contributed by atoms with van der Waals surface area (Å²) >= 11 is 0. The lowest BCUT2D eigenvalue weighted by atomic mass is 10.1.